The van der Waals surface area contributed by atoms with E-state index in [1.165, 1.54) is 5.57 Å². The molecule has 0 saturated heterocycles. The number of ketones is 1. The van der Waals surface area contributed by atoms with Crippen molar-refractivity contribution in [1.29, 1.82) is 0 Å². The van der Waals surface area contributed by atoms with Crippen molar-refractivity contribution in [2.45, 2.75) is 64.0 Å². The number of rotatable bonds is 5. The van der Waals surface area contributed by atoms with Crippen molar-refractivity contribution in [3.05, 3.63) is 45.9 Å². The zero-order chi connectivity index (χ0) is 18.9. The molecule has 142 valence electrons. The van der Waals surface area contributed by atoms with Crippen molar-refractivity contribution >= 4 is 27.7 Å². The van der Waals surface area contributed by atoms with Crippen molar-refractivity contribution in [1.82, 2.24) is 0 Å². The Kier molecular flexibility index (Phi) is 5.54. The lowest BCUT2D eigenvalue weighted by atomic mass is 9.72. The largest absolute Gasteiger partial charge is 0.383 e. The number of carbonyl (C=O) groups is 1. The van der Waals surface area contributed by atoms with Crippen LogP contribution in [-0.2, 0) is 19.1 Å². The number of hydrogen-bond acceptors (Lipinski definition) is 5. The molecule has 0 aromatic heterocycles. The second-order valence-corrected chi connectivity index (χ2v) is 10.5. The highest BCUT2D eigenvalue weighted by Crippen LogP contribution is 2.53. The van der Waals surface area contributed by atoms with Crippen LogP contribution in [0.15, 0.2) is 45.9 Å². The first-order chi connectivity index (χ1) is 12.2. The number of carbonyl (C=O) groups excluding carboxylic acids is 1. The first kappa shape index (κ1) is 19.5. The van der Waals surface area contributed by atoms with Crippen LogP contribution in [0.4, 0.5) is 0 Å². The second kappa shape index (κ2) is 7.39. The molecular weight excluding hydrogens is 368 g/mol. The van der Waals surface area contributed by atoms with E-state index in [-0.39, 0.29) is 5.78 Å². The molecule has 1 unspecified atom stereocenters. The summed E-state index contributed by atoms with van der Waals surface area (Å²) in [4.78, 5) is 13.9. The van der Waals surface area contributed by atoms with Gasteiger partial charge >= 0.3 is 10.1 Å². The van der Waals surface area contributed by atoms with Crippen LogP contribution in [0.25, 0.3) is 0 Å². The Morgan fingerprint density at radius 3 is 2.65 bits per heavy atom. The molecule has 0 bridgehead atoms. The van der Waals surface area contributed by atoms with E-state index in [0.29, 0.717) is 29.4 Å². The fourth-order valence-electron chi connectivity index (χ4n) is 4.29. The molecule has 0 aromatic rings. The molecule has 1 atom stereocenters. The molecule has 1 saturated carbocycles. The van der Waals surface area contributed by atoms with Gasteiger partial charge < -0.3 is 4.18 Å². The summed E-state index contributed by atoms with van der Waals surface area (Å²) < 4.78 is 29.7. The first-order valence-corrected chi connectivity index (χ1v) is 11.5. The standard InChI is InChI=1S/C20H26O4S2/c1-4-26(22,23)24-19-17(12-16-11-14(2)10-15(3)25-16)18(21)13-20(19)8-6-5-7-9-20/h4,10-11,15H,1,5-9,12-13H2,2-3H3. The normalized spacial score (nSPS) is 25.9. The van der Waals surface area contributed by atoms with Gasteiger partial charge in [-0.1, -0.05) is 37.5 Å². The van der Waals surface area contributed by atoms with Crippen molar-refractivity contribution in [3.63, 3.8) is 0 Å². The topological polar surface area (TPSA) is 60.4 Å². The van der Waals surface area contributed by atoms with Crippen LogP contribution in [0, 0.1) is 5.41 Å². The summed E-state index contributed by atoms with van der Waals surface area (Å²) in [5.41, 5.74) is 1.26. The lowest BCUT2D eigenvalue weighted by Gasteiger charge is -2.34. The summed E-state index contributed by atoms with van der Waals surface area (Å²) in [6.45, 7) is 7.51. The van der Waals surface area contributed by atoms with Gasteiger partial charge in [0.2, 0.25) is 0 Å². The molecule has 1 aliphatic heterocycles. The van der Waals surface area contributed by atoms with Crippen LogP contribution in [0.2, 0.25) is 0 Å². The van der Waals surface area contributed by atoms with Crippen molar-refractivity contribution in [2.75, 3.05) is 0 Å². The third-order valence-electron chi connectivity index (χ3n) is 5.38. The maximum atomic E-state index is 12.9. The minimum Gasteiger partial charge on any atom is -0.383 e. The molecule has 6 heteroatoms. The number of Topliss-reactive ketones (excluding diaryl/α,β-unsaturated/α-hetero) is 1. The van der Waals surface area contributed by atoms with Gasteiger partial charge in [-0.2, -0.15) is 8.42 Å². The third-order valence-corrected chi connectivity index (χ3v) is 7.26. The van der Waals surface area contributed by atoms with Crippen molar-refractivity contribution < 1.29 is 17.4 Å². The molecule has 0 aromatic carbocycles. The second-order valence-electron chi connectivity index (χ2n) is 7.51. The third kappa shape index (κ3) is 4.01. The molecule has 3 aliphatic rings. The minimum atomic E-state index is -3.88. The zero-order valence-electron chi connectivity index (χ0n) is 15.4. The summed E-state index contributed by atoms with van der Waals surface area (Å²) in [6, 6.07) is 0. The fourth-order valence-corrected chi connectivity index (χ4v) is 6.11. The molecule has 1 heterocycles. The lowest BCUT2D eigenvalue weighted by Crippen LogP contribution is -2.26. The Labute approximate surface area is 160 Å². The van der Waals surface area contributed by atoms with Gasteiger partial charge in [0.25, 0.3) is 0 Å². The predicted octanol–water partition coefficient (Wildman–Crippen LogP) is 5.01. The Hall–Kier alpha value is -1.27. The highest BCUT2D eigenvalue weighted by atomic mass is 32.2. The predicted molar refractivity (Wildman–Crippen MR) is 106 cm³/mol. The molecule has 1 spiro atoms. The summed E-state index contributed by atoms with van der Waals surface area (Å²) in [5.74, 6) is 0.422. The van der Waals surface area contributed by atoms with Gasteiger partial charge in [0, 0.05) is 29.1 Å². The maximum Gasteiger partial charge on any atom is 0.331 e. The molecular formula is C20H26O4S2. The molecule has 3 rings (SSSR count). The Balaban J connectivity index is 2.01. The van der Waals surface area contributed by atoms with E-state index >= 15 is 0 Å². The fraction of sp³-hybridized carbons (Fsp3) is 0.550. The molecule has 0 amide bonds. The number of allylic oxidation sites excluding steroid dienone is 5. The maximum absolute atomic E-state index is 12.9. The zero-order valence-corrected chi connectivity index (χ0v) is 17.0. The summed E-state index contributed by atoms with van der Waals surface area (Å²) in [7, 11) is -3.88. The number of hydrogen-bond donors (Lipinski definition) is 0. The van der Waals surface area contributed by atoms with E-state index in [1.807, 2.05) is 6.92 Å². The van der Waals surface area contributed by atoms with Crippen molar-refractivity contribution in [3.8, 4) is 0 Å². The van der Waals surface area contributed by atoms with Crippen LogP contribution in [0.1, 0.15) is 58.8 Å². The van der Waals surface area contributed by atoms with Crippen LogP contribution in [0.5, 0.6) is 0 Å². The molecule has 26 heavy (non-hydrogen) atoms. The number of thioether (sulfide) groups is 1. The van der Waals surface area contributed by atoms with E-state index in [9.17, 15) is 13.2 Å². The minimum absolute atomic E-state index is 0.0301. The van der Waals surface area contributed by atoms with Crippen LogP contribution in [-0.4, -0.2) is 19.5 Å². The molecule has 1 fully saturated rings. The van der Waals surface area contributed by atoms with Crippen LogP contribution in [0.3, 0.4) is 0 Å². The monoisotopic (exact) mass is 394 g/mol. The highest BCUT2D eigenvalue weighted by Gasteiger charge is 2.48. The van der Waals surface area contributed by atoms with Crippen LogP contribution < -0.4 is 0 Å². The first-order valence-electron chi connectivity index (χ1n) is 9.14. The van der Waals surface area contributed by atoms with E-state index in [0.717, 1.165) is 42.4 Å². The molecule has 2 aliphatic carbocycles. The molecule has 0 N–H and O–H groups in total. The van der Waals surface area contributed by atoms with Gasteiger partial charge in [0.05, 0.1) is 5.41 Å². The SMILES string of the molecule is C=CS(=O)(=O)OC1=C(CC2=CC(C)=CC(C)S2)C(=O)CC12CCCCC2. The van der Waals surface area contributed by atoms with Gasteiger partial charge in [-0.05, 0) is 37.7 Å². The van der Waals surface area contributed by atoms with E-state index in [2.05, 4.69) is 25.7 Å². The summed E-state index contributed by atoms with van der Waals surface area (Å²) in [6.07, 6.45) is 9.82. The van der Waals surface area contributed by atoms with Gasteiger partial charge in [0.1, 0.15) is 5.76 Å². The van der Waals surface area contributed by atoms with Gasteiger partial charge in [0.15, 0.2) is 5.78 Å². The van der Waals surface area contributed by atoms with Crippen molar-refractivity contribution in [2.24, 2.45) is 5.41 Å². The van der Waals surface area contributed by atoms with E-state index in [1.54, 1.807) is 11.8 Å². The van der Waals surface area contributed by atoms with Gasteiger partial charge in [-0.3, -0.25) is 4.79 Å². The van der Waals surface area contributed by atoms with Gasteiger partial charge in [-0.15, -0.1) is 11.8 Å². The smallest absolute Gasteiger partial charge is 0.331 e. The van der Waals surface area contributed by atoms with E-state index < -0.39 is 15.5 Å². The van der Waals surface area contributed by atoms with Gasteiger partial charge in [-0.25, -0.2) is 0 Å². The van der Waals surface area contributed by atoms with Crippen LogP contribution >= 0.6 is 11.8 Å². The Morgan fingerprint density at radius 1 is 1.35 bits per heavy atom. The molecule has 0 radical (unpaired) electrons. The Bertz CT molecular complexity index is 809. The average molecular weight is 395 g/mol. The van der Waals surface area contributed by atoms with E-state index in [4.69, 9.17) is 4.18 Å². The quantitative estimate of drug-likeness (QED) is 0.614. The highest BCUT2D eigenvalue weighted by molar-refractivity contribution is 8.03. The lowest BCUT2D eigenvalue weighted by molar-refractivity contribution is -0.116. The Morgan fingerprint density at radius 2 is 2.04 bits per heavy atom. The summed E-state index contributed by atoms with van der Waals surface area (Å²) in [5, 5.41) is 1.16. The summed E-state index contributed by atoms with van der Waals surface area (Å²) >= 11 is 1.71. The average Bonchev–Trinajstić information content (AvgIpc) is 2.79. The molecule has 4 nitrogen and oxygen atoms in total.